The molecule has 0 radical (unpaired) electrons. The largest absolute Gasteiger partial charge is 0.416 e. The summed E-state index contributed by atoms with van der Waals surface area (Å²) in [5.41, 5.74) is 0.117. The molecule has 0 aliphatic carbocycles. The fourth-order valence-corrected chi connectivity index (χ4v) is 3.43. The summed E-state index contributed by atoms with van der Waals surface area (Å²) in [5, 5.41) is 3.94. The SMILES string of the molecule is CC(NCC1CCCS1)c1cccc(C(F)(F)F)c1. The predicted octanol–water partition coefficient (Wildman–Crippen LogP) is 4.25. The number of alkyl halides is 3. The summed E-state index contributed by atoms with van der Waals surface area (Å²) in [7, 11) is 0. The first-order valence-electron chi connectivity index (χ1n) is 6.49. The van der Waals surface area contributed by atoms with E-state index in [1.54, 1.807) is 6.07 Å². The van der Waals surface area contributed by atoms with Gasteiger partial charge in [-0.2, -0.15) is 24.9 Å². The first-order chi connectivity index (χ1) is 8.97. The summed E-state index contributed by atoms with van der Waals surface area (Å²) in [4.78, 5) is 0. The van der Waals surface area contributed by atoms with E-state index < -0.39 is 11.7 Å². The smallest absolute Gasteiger partial charge is 0.309 e. The maximum absolute atomic E-state index is 12.6. The standard InChI is InChI=1S/C14H18F3NS/c1-10(18-9-13-6-3-7-19-13)11-4-2-5-12(8-11)14(15,16)17/h2,4-5,8,10,13,18H,3,6-7,9H2,1H3. The van der Waals surface area contributed by atoms with Gasteiger partial charge in [-0.25, -0.2) is 0 Å². The summed E-state index contributed by atoms with van der Waals surface area (Å²) in [5.74, 6) is 1.20. The summed E-state index contributed by atoms with van der Waals surface area (Å²) >= 11 is 1.94. The number of thioether (sulfide) groups is 1. The van der Waals surface area contributed by atoms with E-state index in [0.29, 0.717) is 10.8 Å². The molecule has 0 spiro atoms. The van der Waals surface area contributed by atoms with Crippen LogP contribution in [0, 0.1) is 0 Å². The van der Waals surface area contributed by atoms with Crippen LogP contribution >= 0.6 is 11.8 Å². The first kappa shape index (κ1) is 14.7. The molecular weight excluding hydrogens is 271 g/mol. The lowest BCUT2D eigenvalue weighted by Crippen LogP contribution is -2.26. The van der Waals surface area contributed by atoms with Gasteiger partial charge in [0.05, 0.1) is 5.56 Å². The molecule has 1 heterocycles. The molecule has 0 aromatic heterocycles. The average Bonchev–Trinajstić information content (AvgIpc) is 2.88. The molecule has 1 nitrogen and oxygen atoms in total. The van der Waals surface area contributed by atoms with Crippen molar-refractivity contribution in [2.45, 2.75) is 37.2 Å². The minimum Gasteiger partial charge on any atom is -0.309 e. The molecule has 1 aromatic carbocycles. The van der Waals surface area contributed by atoms with Crippen molar-refractivity contribution in [2.75, 3.05) is 12.3 Å². The van der Waals surface area contributed by atoms with Crippen molar-refractivity contribution in [1.29, 1.82) is 0 Å². The third-order valence-electron chi connectivity index (χ3n) is 3.39. The minimum atomic E-state index is -4.27. The highest BCUT2D eigenvalue weighted by Gasteiger charge is 2.30. The molecule has 2 rings (SSSR count). The monoisotopic (exact) mass is 289 g/mol. The molecule has 19 heavy (non-hydrogen) atoms. The molecule has 2 atom stereocenters. The summed E-state index contributed by atoms with van der Waals surface area (Å²) in [6, 6.07) is 5.51. The normalized spacial score (nSPS) is 21.6. The van der Waals surface area contributed by atoms with E-state index in [0.717, 1.165) is 12.6 Å². The molecular formula is C14H18F3NS. The van der Waals surface area contributed by atoms with Crippen molar-refractivity contribution in [1.82, 2.24) is 5.32 Å². The molecule has 1 saturated heterocycles. The Balaban J connectivity index is 1.96. The van der Waals surface area contributed by atoms with Crippen molar-refractivity contribution in [3.05, 3.63) is 35.4 Å². The molecule has 0 bridgehead atoms. The van der Waals surface area contributed by atoms with E-state index in [1.165, 1.54) is 30.7 Å². The van der Waals surface area contributed by atoms with E-state index in [1.807, 2.05) is 18.7 Å². The number of benzene rings is 1. The van der Waals surface area contributed by atoms with Gasteiger partial charge >= 0.3 is 6.18 Å². The van der Waals surface area contributed by atoms with E-state index in [2.05, 4.69) is 5.32 Å². The molecule has 1 aromatic rings. The van der Waals surface area contributed by atoms with E-state index >= 15 is 0 Å². The van der Waals surface area contributed by atoms with Crippen LogP contribution in [0.3, 0.4) is 0 Å². The van der Waals surface area contributed by atoms with Crippen LogP contribution in [0.15, 0.2) is 24.3 Å². The average molecular weight is 289 g/mol. The van der Waals surface area contributed by atoms with Crippen molar-refractivity contribution >= 4 is 11.8 Å². The summed E-state index contributed by atoms with van der Waals surface area (Å²) < 4.78 is 37.9. The van der Waals surface area contributed by atoms with Gasteiger partial charge < -0.3 is 5.32 Å². The quantitative estimate of drug-likeness (QED) is 0.889. The van der Waals surface area contributed by atoms with Crippen LogP contribution in [0.4, 0.5) is 13.2 Å². The Morgan fingerprint density at radius 1 is 1.42 bits per heavy atom. The van der Waals surface area contributed by atoms with Crippen LogP contribution in [0.2, 0.25) is 0 Å². The summed E-state index contributed by atoms with van der Waals surface area (Å²) in [6.45, 7) is 2.77. The lowest BCUT2D eigenvalue weighted by atomic mass is 10.0. The highest BCUT2D eigenvalue weighted by atomic mass is 32.2. The molecule has 1 N–H and O–H groups in total. The Morgan fingerprint density at radius 3 is 2.84 bits per heavy atom. The summed E-state index contributed by atoms with van der Waals surface area (Å²) in [6.07, 6.45) is -1.82. The topological polar surface area (TPSA) is 12.0 Å². The van der Waals surface area contributed by atoms with Gasteiger partial charge in [0, 0.05) is 17.8 Å². The van der Waals surface area contributed by atoms with Crippen molar-refractivity contribution in [3.8, 4) is 0 Å². The van der Waals surface area contributed by atoms with Crippen molar-refractivity contribution in [3.63, 3.8) is 0 Å². The Kier molecular flexibility index (Phi) is 4.79. The van der Waals surface area contributed by atoms with Gasteiger partial charge in [0.15, 0.2) is 0 Å². The van der Waals surface area contributed by atoms with Crippen molar-refractivity contribution < 1.29 is 13.2 Å². The van der Waals surface area contributed by atoms with Gasteiger partial charge in [0.2, 0.25) is 0 Å². The fourth-order valence-electron chi connectivity index (χ4n) is 2.22. The maximum Gasteiger partial charge on any atom is 0.416 e. The van der Waals surface area contributed by atoms with Crippen LogP contribution < -0.4 is 5.32 Å². The molecule has 0 amide bonds. The Morgan fingerprint density at radius 2 is 2.21 bits per heavy atom. The van der Waals surface area contributed by atoms with Crippen LogP contribution in [0.5, 0.6) is 0 Å². The van der Waals surface area contributed by atoms with Crippen molar-refractivity contribution in [2.24, 2.45) is 0 Å². The number of halogens is 3. The molecule has 1 aliphatic heterocycles. The third-order valence-corrected chi connectivity index (χ3v) is 4.79. The van der Waals surface area contributed by atoms with Gasteiger partial charge in [-0.05, 0) is 43.2 Å². The van der Waals surface area contributed by atoms with Crippen LogP contribution in [0.25, 0.3) is 0 Å². The zero-order valence-electron chi connectivity index (χ0n) is 10.8. The molecule has 1 fully saturated rings. The van der Waals surface area contributed by atoms with E-state index in [-0.39, 0.29) is 6.04 Å². The fraction of sp³-hybridized carbons (Fsp3) is 0.571. The molecule has 5 heteroatoms. The van der Waals surface area contributed by atoms with Gasteiger partial charge in [0.1, 0.15) is 0 Å². The number of nitrogens with one attached hydrogen (secondary N) is 1. The first-order valence-corrected chi connectivity index (χ1v) is 7.54. The second-order valence-corrected chi connectivity index (χ2v) is 6.30. The maximum atomic E-state index is 12.6. The van der Waals surface area contributed by atoms with E-state index in [4.69, 9.17) is 0 Å². The number of rotatable bonds is 4. The second-order valence-electron chi connectivity index (χ2n) is 4.89. The lowest BCUT2D eigenvalue weighted by Gasteiger charge is -2.18. The molecule has 0 saturated carbocycles. The van der Waals surface area contributed by atoms with Gasteiger partial charge in [-0.1, -0.05) is 12.1 Å². The Hall–Kier alpha value is -0.680. The Bertz CT molecular complexity index is 413. The highest BCUT2D eigenvalue weighted by Crippen LogP contribution is 2.31. The zero-order valence-corrected chi connectivity index (χ0v) is 11.7. The lowest BCUT2D eigenvalue weighted by molar-refractivity contribution is -0.137. The third kappa shape index (κ3) is 4.14. The molecule has 2 unspecified atom stereocenters. The zero-order chi connectivity index (χ0) is 13.9. The second kappa shape index (κ2) is 6.18. The predicted molar refractivity (Wildman–Crippen MR) is 73.3 cm³/mol. The van der Waals surface area contributed by atoms with E-state index in [9.17, 15) is 13.2 Å². The minimum absolute atomic E-state index is 0.0523. The van der Waals surface area contributed by atoms with Crippen LogP contribution in [0.1, 0.15) is 36.9 Å². The van der Waals surface area contributed by atoms with Gasteiger partial charge in [-0.3, -0.25) is 0 Å². The van der Waals surface area contributed by atoms with Gasteiger partial charge in [-0.15, -0.1) is 0 Å². The Labute approximate surface area is 116 Å². The van der Waals surface area contributed by atoms with Gasteiger partial charge in [0.25, 0.3) is 0 Å². The molecule has 1 aliphatic rings. The van der Waals surface area contributed by atoms with Crippen LogP contribution in [-0.2, 0) is 6.18 Å². The number of hydrogen-bond acceptors (Lipinski definition) is 2. The highest BCUT2D eigenvalue weighted by molar-refractivity contribution is 8.00. The molecule has 106 valence electrons. The van der Waals surface area contributed by atoms with Crippen LogP contribution in [-0.4, -0.2) is 17.5 Å². The number of hydrogen-bond donors (Lipinski definition) is 1.